The Kier molecular flexibility index (Phi) is 104. The predicted molar refractivity (Wildman–Crippen MR) is 16.6 cm³/mol. The van der Waals surface area contributed by atoms with Gasteiger partial charge in [-0.15, -0.1) is 0 Å². The Morgan fingerprint density at radius 1 is 1.00 bits per heavy atom. The fourth-order valence-electron chi connectivity index (χ4n) is 0. The van der Waals surface area contributed by atoms with Crippen LogP contribution in [0.2, 0.25) is 0 Å². The zero-order valence-electron chi connectivity index (χ0n) is 3.03. The summed E-state index contributed by atoms with van der Waals surface area (Å²) in [5.74, 6) is 0. The molecule has 4 nitrogen and oxygen atoms in total. The molecule has 0 aliphatic heterocycles. The smallest absolute Gasteiger partial charge is 0.665 e. The van der Waals surface area contributed by atoms with Crippen LogP contribution in [0.25, 0.3) is 0 Å². The first kappa shape index (κ1) is 15.9. The minimum atomic E-state index is 0. The zero-order valence-corrected chi connectivity index (χ0v) is 5.30. The predicted octanol–water partition coefficient (Wildman–Crippen LogP) is -0.779. The molecule has 0 bridgehead atoms. The summed E-state index contributed by atoms with van der Waals surface area (Å²) >= 11 is 0. The van der Waals surface area contributed by atoms with E-state index in [2.05, 4.69) is 0 Å². The van der Waals surface area contributed by atoms with Crippen molar-refractivity contribution in [2.45, 2.75) is 0 Å². The molecule has 0 spiro atoms. The standard InChI is InChI=1S/2CHO2.Pt/c2*2-1-3;/h2*(H,2,3);/q2*-1;+2. The van der Waals surface area contributed by atoms with Crippen molar-refractivity contribution < 1.29 is 40.9 Å². The third-order valence-electron chi connectivity index (χ3n) is 0. The molecule has 0 atom stereocenters. The first-order valence-electron chi connectivity index (χ1n) is 0.855. The molecular formula is C2H2O4Pt. The van der Waals surface area contributed by atoms with Crippen molar-refractivity contribution in [3.63, 3.8) is 0 Å². The largest absolute Gasteiger partial charge is 2.00 e. The van der Waals surface area contributed by atoms with Gasteiger partial charge in [0.1, 0.15) is 0 Å². The molecule has 0 heterocycles. The molecule has 0 aliphatic carbocycles. The van der Waals surface area contributed by atoms with E-state index < -0.39 is 0 Å². The molecule has 2 N–H and O–H groups in total. The van der Waals surface area contributed by atoms with Gasteiger partial charge >= 0.3 is 21.1 Å². The number of rotatable bonds is 0. The fraction of sp³-hybridized carbons (Fsp3) is 0. The van der Waals surface area contributed by atoms with Gasteiger partial charge in [-0.05, 0) is 0 Å². The van der Waals surface area contributed by atoms with Crippen LogP contribution in [-0.2, 0) is 30.7 Å². The monoisotopic (exact) mass is 285 g/mol. The van der Waals surface area contributed by atoms with Crippen molar-refractivity contribution >= 4 is 12.9 Å². The van der Waals surface area contributed by atoms with Crippen LogP contribution in [0.4, 0.5) is 0 Å². The Bertz CT molecular complexity index is 30.7. The molecule has 0 saturated carbocycles. The molecule has 0 aromatic rings. The maximum Gasteiger partial charge on any atom is 2.00 e. The molecule has 7 heavy (non-hydrogen) atoms. The van der Waals surface area contributed by atoms with Crippen molar-refractivity contribution in [2.24, 2.45) is 0 Å². The molecule has 0 saturated heterocycles. The number of aliphatic hydroxyl groups excluding tert-OH is 2. The summed E-state index contributed by atoms with van der Waals surface area (Å²) in [6, 6.07) is 0. The Balaban J connectivity index is -0.0000000400. The molecule has 0 aliphatic rings. The normalized spacial score (nSPS) is 3.43. The maximum absolute atomic E-state index is 8.24. The van der Waals surface area contributed by atoms with Gasteiger partial charge in [-0.25, -0.2) is 0 Å². The molecule has 44 valence electrons. The van der Waals surface area contributed by atoms with Crippen LogP contribution in [-0.4, -0.2) is 23.2 Å². The summed E-state index contributed by atoms with van der Waals surface area (Å²) in [5, 5.41) is 13.5. The van der Waals surface area contributed by atoms with Gasteiger partial charge in [-0.1, -0.05) is 12.9 Å². The molecule has 0 fully saturated rings. The quantitative estimate of drug-likeness (QED) is 0.573. The van der Waals surface area contributed by atoms with Crippen LogP contribution in [0.1, 0.15) is 0 Å². The van der Waals surface area contributed by atoms with Gasteiger partial charge < -0.3 is 19.8 Å². The van der Waals surface area contributed by atoms with E-state index in [4.69, 9.17) is 19.8 Å². The average molecular weight is 285 g/mol. The van der Waals surface area contributed by atoms with E-state index in [0.717, 1.165) is 0 Å². The third-order valence-corrected chi connectivity index (χ3v) is 0. The summed E-state index contributed by atoms with van der Waals surface area (Å²) in [4.78, 5) is 16.5. The summed E-state index contributed by atoms with van der Waals surface area (Å²) in [7, 11) is 0. The SMILES string of the molecule is O=[C-]O.O=[C-]O.[Pt+2]. The van der Waals surface area contributed by atoms with Crippen LogP contribution in [0.3, 0.4) is 0 Å². The van der Waals surface area contributed by atoms with Gasteiger partial charge in [0.2, 0.25) is 0 Å². The molecule has 0 rings (SSSR count). The second-order valence-electron chi connectivity index (χ2n) is 0.183. The van der Waals surface area contributed by atoms with E-state index in [0.29, 0.717) is 12.9 Å². The van der Waals surface area contributed by atoms with Gasteiger partial charge in [0.25, 0.3) is 0 Å². The van der Waals surface area contributed by atoms with Crippen molar-refractivity contribution in [1.82, 2.24) is 0 Å². The van der Waals surface area contributed by atoms with Crippen molar-refractivity contribution in [3.8, 4) is 0 Å². The molecule has 0 aromatic carbocycles. The first-order chi connectivity index (χ1) is 2.83. The maximum atomic E-state index is 8.24. The summed E-state index contributed by atoms with van der Waals surface area (Å²) in [6.45, 7) is 1.00. The van der Waals surface area contributed by atoms with Gasteiger partial charge in [-0.3, -0.25) is 0 Å². The second-order valence-corrected chi connectivity index (χ2v) is 0.183. The Hall–Kier alpha value is -0.372. The number of hydrogen-bond donors (Lipinski definition) is 2. The third kappa shape index (κ3) is 536. The topological polar surface area (TPSA) is 74.6 Å². The van der Waals surface area contributed by atoms with Crippen LogP contribution in [0, 0.1) is 0 Å². The van der Waals surface area contributed by atoms with Gasteiger partial charge in [0, 0.05) is 0 Å². The van der Waals surface area contributed by atoms with Gasteiger partial charge in [0.05, 0.1) is 0 Å². The molecule has 5 heteroatoms. The fourth-order valence-corrected chi connectivity index (χ4v) is 0. The number of hydrogen-bond acceptors (Lipinski definition) is 2. The second kappa shape index (κ2) is 45.5. The molecule has 0 radical (unpaired) electrons. The average Bonchev–Trinajstić information content (AvgIpc) is 1.39. The first-order valence-corrected chi connectivity index (χ1v) is 0.855. The van der Waals surface area contributed by atoms with E-state index >= 15 is 0 Å². The zero-order chi connectivity index (χ0) is 5.41. The molecular weight excluding hydrogens is 283 g/mol. The summed E-state index contributed by atoms with van der Waals surface area (Å²) in [5.41, 5.74) is 0. The molecule has 0 unspecified atom stereocenters. The van der Waals surface area contributed by atoms with Crippen LogP contribution in [0.5, 0.6) is 0 Å². The summed E-state index contributed by atoms with van der Waals surface area (Å²) in [6.07, 6.45) is 0. The minimum Gasteiger partial charge on any atom is -0.665 e. The Morgan fingerprint density at radius 2 is 1.00 bits per heavy atom. The Morgan fingerprint density at radius 3 is 1.00 bits per heavy atom. The molecule has 0 amide bonds. The Labute approximate surface area is 54.4 Å². The summed E-state index contributed by atoms with van der Waals surface area (Å²) < 4.78 is 0. The van der Waals surface area contributed by atoms with Crippen molar-refractivity contribution in [1.29, 1.82) is 0 Å². The van der Waals surface area contributed by atoms with Crippen molar-refractivity contribution in [2.75, 3.05) is 0 Å². The van der Waals surface area contributed by atoms with E-state index in [1.165, 1.54) is 0 Å². The minimum absolute atomic E-state index is 0. The van der Waals surface area contributed by atoms with Crippen LogP contribution >= 0.6 is 0 Å². The van der Waals surface area contributed by atoms with Gasteiger partial charge in [-0.2, -0.15) is 0 Å². The van der Waals surface area contributed by atoms with E-state index in [1.807, 2.05) is 0 Å². The van der Waals surface area contributed by atoms with Crippen molar-refractivity contribution in [3.05, 3.63) is 0 Å². The molecule has 0 aromatic heterocycles. The van der Waals surface area contributed by atoms with E-state index in [1.54, 1.807) is 0 Å². The van der Waals surface area contributed by atoms with Crippen LogP contribution < -0.4 is 0 Å². The van der Waals surface area contributed by atoms with Gasteiger partial charge in [0.15, 0.2) is 0 Å². The van der Waals surface area contributed by atoms with E-state index in [-0.39, 0.29) is 21.1 Å². The van der Waals surface area contributed by atoms with E-state index in [9.17, 15) is 0 Å². The van der Waals surface area contributed by atoms with Crippen LogP contribution in [0.15, 0.2) is 0 Å².